The van der Waals surface area contributed by atoms with Crippen molar-refractivity contribution in [2.75, 3.05) is 30.0 Å². The normalized spacial score (nSPS) is 18.7. The topological polar surface area (TPSA) is 114 Å². The Morgan fingerprint density at radius 1 is 1.08 bits per heavy atom. The first kappa shape index (κ1) is 26.1. The van der Waals surface area contributed by atoms with E-state index < -0.39 is 14.6 Å². The van der Waals surface area contributed by atoms with Gasteiger partial charge in [0.15, 0.2) is 15.7 Å². The van der Waals surface area contributed by atoms with Crippen LogP contribution in [0.25, 0.3) is 11.4 Å². The molecule has 2 fully saturated rings. The molecule has 38 heavy (non-hydrogen) atoms. The molecule has 3 aromatic rings. The molecular formula is C28H33N5O4S. The summed E-state index contributed by atoms with van der Waals surface area (Å²) >= 11 is 0. The number of nitrogens with zero attached hydrogens (tertiary/aromatic N) is 3. The smallest absolute Gasteiger partial charge is 0.319 e. The third kappa shape index (κ3) is 5.10. The predicted molar refractivity (Wildman–Crippen MR) is 147 cm³/mol. The number of rotatable bonds is 7. The molecule has 9 nitrogen and oxygen atoms in total. The van der Waals surface area contributed by atoms with Crippen molar-refractivity contribution < 1.29 is 17.9 Å². The van der Waals surface area contributed by atoms with Crippen molar-refractivity contribution in [3.8, 4) is 11.4 Å². The number of ether oxygens (including phenoxy) is 1. The molecule has 200 valence electrons. The second-order valence-corrected chi connectivity index (χ2v) is 12.5. The van der Waals surface area contributed by atoms with Crippen LogP contribution in [0.4, 0.5) is 16.3 Å². The maximum Gasteiger partial charge on any atom is 0.319 e. The molecule has 2 amide bonds. The number of anilines is 2. The van der Waals surface area contributed by atoms with Gasteiger partial charge in [0.2, 0.25) is 0 Å². The van der Waals surface area contributed by atoms with Gasteiger partial charge in [-0.25, -0.2) is 23.2 Å². The number of hydrogen-bond donors (Lipinski definition) is 2. The Morgan fingerprint density at radius 2 is 1.79 bits per heavy atom. The van der Waals surface area contributed by atoms with E-state index in [4.69, 9.17) is 14.7 Å². The average Bonchev–Trinajstić information content (AvgIpc) is 3.72. The number of hydrogen-bond acceptors (Lipinski definition) is 7. The van der Waals surface area contributed by atoms with Gasteiger partial charge in [0.25, 0.3) is 0 Å². The second-order valence-electron chi connectivity index (χ2n) is 10.2. The first-order valence-corrected chi connectivity index (χ1v) is 14.4. The maximum absolute atomic E-state index is 13.8. The minimum Gasteiger partial charge on any atom is -0.377 e. The fraction of sp³-hybridized carbons (Fsp3) is 0.393. The van der Waals surface area contributed by atoms with E-state index in [1.807, 2.05) is 38.1 Å². The molecule has 1 aromatic heterocycles. The van der Waals surface area contributed by atoms with Gasteiger partial charge < -0.3 is 20.3 Å². The van der Waals surface area contributed by atoms with E-state index in [2.05, 4.69) is 22.5 Å². The van der Waals surface area contributed by atoms with Crippen molar-refractivity contribution in [3.63, 3.8) is 0 Å². The summed E-state index contributed by atoms with van der Waals surface area (Å²) in [4.78, 5) is 24.2. The molecule has 5 rings (SSSR count). The van der Waals surface area contributed by atoms with Crippen LogP contribution in [-0.4, -0.2) is 56.3 Å². The van der Waals surface area contributed by atoms with Gasteiger partial charge in [-0.2, -0.15) is 0 Å². The summed E-state index contributed by atoms with van der Waals surface area (Å²) in [7, 11) is -3.66. The predicted octanol–water partition coefficient (Wildman–Crippen LogP) is 4.36. The zero-order valence-electron chi connectivity index (χ0n) is 21.8. The molecule has 2 N–H and O–H groups in total. The highest BCUT2D eigenvalue weighted by Gasteiger charge is 2.58. The minimum atomic E-state index is -3.66. The van der Waals surface area contributed by atoms with Gasteiger partial charge in [-0.05, 0) is 70.0 Å². The van der Waals surface area contributed by atoms with Crippen LogP contribution < -0.4 is 15.5 Å². The quantitative estimate of drug-likeness (QED) is 0.462. The molecular weight excluding hydrogens is 502 g/mol. The molecule has 1 saturated heterocycles. The van der Waals surface area contributed by atoms with Gasteiger partial charge in [0, 0.05) is 29.9 Å². The number of carbonyl (C=O) groups excluding carboxylic acids is 1. The lowest BCUT2D eigenvalue weighted by Crippen LogP contribution is -2.44. The fourth-order valence-corrected chi connectivity index (χ4v) is 6.73. The highest BCUT2D eigenvalue weighted by atomic mass is 32.2. The molecule has 1 aliphatic carbocycles. The Morgan fingerprint density at radius 3 is 2.42 bits per heavy atom. The van der Waals surface area contributed by atoms with E-state index in [1.165, 1.54) is 0 Å². The number of aromatic nitrogens is 2. The summed E-state index contributed by atoms with van der Waals surface area (Å²) < 4.78 is 32.1. The van der Waals surface area contributed by atoms with E-state index in [-0.39, 0.29) is 18.1 Å². The molecule has 2 heterocycles. The van der Waals surface area contributed by atoms with Crippen molar-refractivity contribution in [3.05, 3.63) is 66.4 Å². The van der Waals surface area contributed by atoms with Crippen molar-refractivity contribution in [1.29, 1.82) is 0 Å². The van der Waals surface area contributed by atoms with Crippen LogP contribution in [0.5, 0.6) is 0 Å². The highest BCUT2D eigenvalue weighted by molar-refractivity contribution is 7.92. The van der Waals surface area contributed by atoms with E-state index in [0.717, 1.165) is 5.56 Å². The van der Waals surface area contributed by atoms with Crippen molar-refractivity contribution in [2.24, 2.45) is 0 Å². The van der Waals surface area contributed by atoms with E-state index in [9.17, 15) is 13.2 Å². The Labute approximate surface area is 223 Å². The molecule has 1 saturated carbocycles. The van der Waals surface area contributed by atoms with Crippen LogP contribution in [0.15, 0.2) is 65.6 Å². The third-order valence-electron chi connectivity index (χ3n) is 6.93. The zero-order chi connectivity index (χ0) is 26.9. The van der Waals surface area contributed by atoms with Gasteiger partial charge in [0.1, 0.15) is 10.6 Å². The standard InChI is InChI=1S/C28H33N5O4S/c1-19(2)29-27(34)30-22-11-9-21(10-12-22)26-31-24(17-25(32-26)33-15-16-37-18-20(33)3)28(13-14-28)38(35,36)23-7-5-4-6-8-23/h4-12,17,19-20H,13-16,18H2,1-3H3,(H2,29,30,34)/t20-/m0/s1. The van der Waals surface area contributed by atoms with Crippen molar-refractivity contribution in [2.45, 2.75) is 55.3 Å². The summed E-state index contributed by atoms with van der Waals surface area (Å²) in [6.07, 6.45) is 1.01. The summed E-state index contributed by atoms with van der Waals surface area (Å²) in [5.41, 5.74) is 1.88. The van der Waals surface area contributed by atoms with E-state index >= 15 is 0 Å². The number of carbonyl (C=O) groups is 1. The van der Waals surface area contributed by atoms with Gasteiger partial charge in [-0.3, -0.25) is 0 Å². The van der Waals surface area contributed by atoms with E-state index in [0.29, 0.717) is 60.5 Å². The van der Waals surface area contributed by atoms with Crippen LogP contribution in [0.1, 0.15) is 39.3 Å². The van der Waals surface area contributed by atoms with Crippen molar-refractivity contribution in [1.82, 2.24) is 15.3 Å². The lowest BCUT2D eigenvalue weighted by atomic mass is 10.1. The molecule has 0 unspecified atom stereocenters. The summed E-state index contributed by atoms with van der Waals surface area (Å²) in [5, 5.41) is 5.61. The lowest BCUT2D eigenvalue weighted by molar-refractivity contribution is 0.0985. The molecule has 0 bridgehead atoms. The van der Waals surface area contributed by atoms with Crippen LogP contribution >= 0.6 is 0 Å². The number of nitrogens with one attached hydrogen (secondary N) is 2. The van der Waals surface area contributed by atoms with Crippen molar-refractivity contribution >= 4 is 27.4 Å². The number of amides is 2. The summed E-state index contributed by atoms with van der Waals surface area (Å²) in [6, 6.07) is 17.5. The van der Waals surface area contributed by atoms with Crippen LogP contribution in [0.2, 0.25) is 0 Å². The minimum absolute atomic E-state index is 0.0216. The first-order chi connectivity index (χ1) is 18.2. The molecule has 1 atom stereocenters. The van der Waals surface area contributed by atoms with Crippen LogP contribution in [-0.2, 0) is 19.3 Å². The monoisotopic (exact) mass is 535 g/mol. The SMILES string of the molecule is CC(C)NC(=O)Nc1ccc(-c2nc(N3CCOC[C@@H]3C)cc(C3(S(=O)(=O)c4ccccc4)CC3)n2)cc1. The van der Waals surface area contributed by atoms with Gasteiger partial charge in [-0.1, -0.05) is 18.2 Å². The Bertz CT molecular complexity index is 1410. The van der Waals surface area contributed by atoms with Crippen LogP contribution in [0, 0.1) is 0 Å². The number of sulfone groups is 1. The molecule has 2 aromatic carbocycles. The van der Waals surface area contributed by atoms with Gasteiger partial charge in [0.05, 0.1) is 29.8 Å². The van der Waals surface area contributed by atoms with Gasteiger partial charge >= 0.3 is 6.03 Å². The Kier molecular flexibility index (Phi) is 7.11. The highest BCUT2D eigenvalue weighted by Crippen LogP contribution is 2.55. The summed E-state index contributed by atoms with van der Waals surface area (Å²) in [6.45, 7) is 7.65. The molecule has 10 heteroatoms. The molecule has 1 aliphatic heterocycles. The maximum atomic E-state index is 13.8. The lowest BCUT2D eigenvalue weighted by Gasteiger charge is -2.34. The van der Waals surface area contributed by atoms with Crippen LogP contribution in [0.3, 0.4) is 0 Å². The number of benzene rings is 2. The first-order valence-electron chi connectivity index (χ1n) is 12.9. The molecule has 2 aliphatic rings. The van der Waals surface area contributed by atoms with E-state index in [1.54, 1.807) is 36.4 Å². The largest absolute Gasteiger partial charge is 0.377 e. The zero-order valence-corrected chi connectivity index (χ0v) is 22.7. The molecule has 0 radical (unpaired) electrons. The summed E-state index contributed by atoms with van der Waals surface area (Å²) in [5.74, 6) is 1.14. The third-order valence-corrected chi connectivity index (χ3v) is 9.47. The fourth-order valence-electron chi connectivity index (χ4n) is 4.74. The molecule has 0 spiro atoms. The second kappa shape index (κ2) is 10.3. The number of urea groups is 1. The average molecular weight is 536 g/mol. The Balaban J connectivity index is 1.54. The van der Waals surface area contributed by atoms with Gasteiger partial charge in [-0.15, -0.1) is 0 Å². The number of morpholine rings is 1. The Hall–Kier alpha value is -3.50.